The van der Waals surface area contributed by atoms with E-state index in [4.69, 9.17) is 4.84 Å². The number of fused-ring (bicyclic) bond motifs is 3. The van der Waals surface area contributed by atoms with Crippen LogP contribution in [0.1, 0.15) is 41.6 Å². The van der Waals surface area contributed by atoms with Gasteiger partial charge in [-0.3, -0.25) is 4.98 Å². The van der Waals surface area contributed by atoms with Crippen LogP contribution in [-0.2, 0) is 23.0 Å². The molecule has 0 unspecified atom stereocenters. The Balaban J connectivity index is 1.50. The second kappa shape index (κ2) is 6.27. The van der Waals surface area contributed by atoms with E-state index in [1.807, 2.05) is 6.07 Å². The lowest BCUT2D eigenvalue weighted by atomic mass is 9.77. The van der Waals surface area contributed by atoms with Gasteiger partial charge in [-0.2, -0.15) is 13.2 Å². The minimum atomic E-state index is -4.38. The normalized spacial score (nSPS) is 21.2. The summed E-state index contributed by atoms with van der Waals surface area (Å²) in [6.07, 6.45) is -1.56. The Labute approximate surface area is 164 Å². The molecule has 0 saturated carbocycles. The second-order valence-electron chi connectivity index (χ2n) is 7.55. The highest BCUT2D eigenvalue weighted by atomic mass is 19.4. The summed E-state index contributed by atoms with van der Waals surface area (Å²) in [6, 6.07) is 11.3. The molecule has 0 fully saturated rings. The van der Waals surface area contributed by atoms with Gasteiger partial charge in [-0.15, -0.1) is 0 Å². The standard InChI is InChI=1S/C22H16F4N2O/c23-16-7-8-18-14(10-16)11-17-19(27-18)2-1-9-21(17)12-20(28-29-21)13-3-5-15(6-4-13)22(24,25)26/h3-8,10-11H,1-2,9,12H2/t21-/m0/s1. The number of rotatable bonds is 1. The highest BCUT2D eigenvalue weighted by Gasteiger charge is 2.45. The van der Waals surface area contributed by atoms with E-state index in [1.54, 1.807) is 6.07 Å². The van der Waals surface area contributed by atoms with Crippen molar-refractivity contribution in [3.8, 4) is 0 Å². The minimum Gasteiger partial charge on any atom is -0.384 e. The fourth-order valence-corrected chi connectivity index (χ4v) is 4.21. The summed E-state index contributed by atoms with van der Waals surface area (Å²) in [7, 11) is 0. The fraction of sp³-hybridized carbons (Fsp3) is 0.273. The number of benzene rings is 2. The molecule has 0 radical (unpaired) electrons. The van der Waals surface area contributed by atoms with Crippen molar-refractivity contribution in [2.75, 3.05) is 0 Å². The molecule has 0 saturated heterocycles. The Hall–Kier alpha value is -2.96. The molecule has 3 nitrogen and oxygen atoms in total. The first-order valence-electron chi connectivity index (χ1n) is 9.36. The van der Waals surface area contributed by atoms with Crippen LogP contribution in [0.2, 0.25) is 0 Å². The van der Waals surface area contributed by atoms with Crippen molar-refractivity contribution in [3.63, 3.8) is 0 Å². The van der Waals surface area contributed by atoms with Crippen molar-refractivity contribution in [2.45, 2.75) is 37.5 Å². The molecule has 29 heavy (non-hydrogen) atoms. The lowest BCUT2D eigenvalue weighted by Crippen LogP contribution is -2.32. The van der Waals surface area contributed by atoms with E-state index in [1.165, 1.54) is 24.3 Å². The highest BCUT2D eigenvalue weighted by Crippen LogP contribution is 2.45. The third-order valence-electron chi connectivity index (χ3n) is 5.67. The van der Waals surface area contributed by atoms with Gasteiger partial charge in [0.15, 0.2) is 5.60 Å². The zero-order valence-electron chi connectivity index (χ0n) is 15.3. The van der Waals surface area contributed by atoms with Crippen LogP contribution in [0.5, 0.6) is 0 Å². The first-order chi connectivity index (χ1) is 13.8. The van der Waals surface area contributed by atoms with E-state index in [2.05, 4.69) is 10.1 Å². The topological polar surface area (TPSA) is 34.5 Å². The van der Waals surface area contributed by atoms with Gasteiger partial charge >= 0.3 is 6.18 Å². The predicted molar refractivity (Wildman–Crippen MR) is 100 cm³/mol. The molecule has 1 atom stereocenters. The number of pyridine rings is 1. The third-order valence-corrected chi connectivity index (χ3v) is 5.67. The van der Waals surface area contributed by atoms with Crippen LogP contribution in [-0.4, -0.2) is 10.7 Å². The molecule has 3 aromatic rings. The fourth-order valence-electron chi connectivity index (χ4n) is 4.21. The van der Waals surface area contributed by atoms with E-state index in [0.29, 0.717) is 23.1 Å². The minimum absolute atomic E-state index is 0.335. The molecule has 2 aromatic carbocycles. The maximum Gasteiger partial charge on any atom is 0.416 e. The molecule has 2 heterocycles. The molecule has 7 heteroatoms. The van der Waals surface area contributed by atoms with Crippen LogP contribution < -0.4 is 0 Å². The van der Waals surface area contributed by atoms with E-state index in [0.717, 1.165) is 48.2 Å². The lowest BCUT2D eigenvalue weighted by molar-refractivity contribution is -0.137. The van der Waals surface area contributed by atoms with Gasteiger partial charge in [-0.25, -0.2) is 4.39 Å². The van der Waals surface area contributed by atoms with Crippen LogP contribution in [0.15, 0.2) is 53.7 Å². The van der Waals surface area contributed by atoms with Gasteiger partial charge in [-0.1, -0.05) is 17.3 Å². The smallest absolute Gasteiger partial charge is 0.384 e. The van der Waals surface area contributed by atoms with Gasteiger partial charge in [-0.05, 0) is 61.2 Å². The summed E-state index contributed by atoms with van der Waals surface area (Å²) in [5.74, 6) is -0.335. The zero-order chi connectivity index (χ0) is 20.2. The monoisotopic (exact) mass is 400 g/mol. The zero-order valence-corrected chi connectivity index (χ0v) is 15.3. The summed E-state index contributed by atoms with van der Waals surface area (Å²) >= 11 is 0. The van der Waals surface area contributed by atoms with Crippen LogP contribution >= 0.6 is 0 Å². The maximum absolute atomic E-state index is 13.7. The number of nitrogens with zero attached hydrogens (tertiary/aromatic N) is 2. The van der Waals surface area contributed by atoms with Crippen LogP contribution in [0, 0.1) is 5.82 Å². The summed E-state index contributed by atoms with van der Waals surface area (Å²) in [5.41, 5.74) is 2.30. The van der Waals surface area contributed by atoms with E-state index >= 15 is 0 Å². The molecular weight excluding hydrogens is 384 g/mol. The van der Waals surface area contributed by atoms with Crippen molar-refractivity contribution in [1.29, 1.82) is 0 Å². The summed E-state index contributed by atoms with van der Waals surface area (Å²) in [6.45, 7) is 0. The molecule has 0 N–H and O–H groups in total. The number of halogens is 4. The van der Waals surface area contributed by atoms with Crippen LogP contribution in [0.3, 0.4) is 0 Å². The molecule has 1 spiro atoms. The van der Waals surface area contributed by atoms with Gasteiger partial charge in [0.1, 0.15) is 5.82 Å². The largest absolute Gasteiger partial charge is 0.416 e. The molecular formula is C22H16F4N2O. The first kappa shape index (κ1) is 18.1. The Morgan fingerprint density at radius 1 is 1.00 bits per heavy atom. The summed E-state index contributed by atoms with van der Waals surface area (Å²) in [4.78, 5) is 10.6. The molecule has 1 aliphatic carbocycles. The average Bonchev–Trinajstić information content (AvgIpc) is 3.11. The molecule has 148 valence electrons. The van der Waals surface area contributed by atoms with Crippen molar-refractivity contribution in [3.05, 3.63) is 76.7 Å². The number of aromatic nitrogens is 1. The van der Waals surface area contributed by atoms with E-state index < -0.39 is 17.3 Å². The molecule has 0 amide bonds. The SMILES string of the molecule is Fc1ccc2nc3c(cc2c1)[C@]1(CCC3)CC(c2ccc(C(F)(F)F)cc2)=NO1. The quantitative estimate of drug-likeness (QED) is 0.488. The second-order valence-corrected chi connectivity index (χ2v) is 7.55. The van der Waals surface area contributed by atoms with Crippen molar-refractivity contribution in [2.24, 2.45) is 5.16 Å². The maximum atomic E-state index is 13.7. The van der Waals surface area contributed by atoms with Crippen LogP contribution in [0.4, 0.5) is 17.6 Å². The van der Waals surface area contributed by atoms with Gasteiger partial charge in [0.2, 0.25) is 0 Å². The van der Waals surface area contributed by atoms with Gasteiger partial charge in [0.25, 0.3) is 0 Å². The van der Waals surface area contributed by atoms with Gasteiger partial charge < -0.3 is 4.84 Å². The van der Waals surface area contributed by atoms with Gasteiger partial charge in [0.05, 0.1) is 16.8 Å². The molecule has 1 aromatic heterocycles. The Kier molecular flexibility index (Phi) is 3.91. The summed E-state index contributed by atoms with van der Waals surface area (Å²) < 4.78 is 52.1. The first-order valence-corrected chi connectivity index (χ1v) is 9.36. The number of oxime groups is 1. The predicted octanol–water partition coefficient (Wildman–Crippen LogP) is 5.75. The highest BCUT2D eigenvalue weighted by molar-refractivity contribution is 6.02. The Morgan fingerprint density at radius 2 is 1.79 bits per heavy atom. The van der Waals surface area contributed by atoms with E-state index in [-0.39, 0.29) is 5.82 Å². The molecule has 0 bridgehead atoms. The molecule has 5 rings (SSSR count). The van der Waals surface area contributed by atoms with Gasteiger partial charge in [0, 0.05) is 23.1 Å². The number of hydrogen-bond acceptors (Lipinski definition) is 3. The van der Waals surface area contributed by atoms with Crippen molar-refractivity contribution >= 4 is 16.6 Å². The lowest BCUT2D eigenvalue weighted by Gasteiger charge is -2.32. The number of alkyl halides is 3. The summed E-state index contributed by atoms with van der Waals surface area (Å²) in [5, 5.41) is 4.90. The van der Waals surface area contributed by atoms with Crippen molar-refractivity contribution < 1.29 is 22.4 Å². The molecule has 1 aliphatic heterocycles. The molecule has 2 aliphatic rings. The number of hydrogen-bond donors (Lipinski definition) is 0. The van der Waals surface area contributed by atoms with Crippen LogP contribution in [0.25, 0.3) is 10.9 Å². The third kappa shape index (κ3) is 3.05. The van der Waals surface area contributed by atoms with Crippen molar-refractivity contribution in [1.82, 2.24) is 4.98 Å². The van der Waals surface area contributed by atoms with E-state index in [9.17, 15) is 17.6 Å². The number of aryl methyl sites for hydroxylation is 1. The Bertz CT molecular complexity index is 1140. The average molecular weight is 400 g/mol. The Morgan fingerprint density at radius 3 is 2.55 bits per heavy atom.